The van der Waals surface area contributed by atoms with Crippen molar-refractivity contribution in [3.05, 3.63) is 16.6 Å². The zero-order valence-electron chi connectivity index (χ0n) is 20.1. The molecular weight excluding hydrogens is 450 g/mol. The lowest BCUT2D eigenvalue weighted by molar-refractivity contribution is 0.0870. The summed E-state index contributed by atoms with van der Waals surface area (Å²) in [4.78, 5) is 28.4. The summed E-state index contributed by atoms with van der Waals surface area (Å²) in [6, 6.07) is 3.38. The number of carbonyl (C=O) groups excluding carboxylic acids is 1. The Bertz CT molecular complexity index is 1010. The molecule has 1 aliphatic heterocycles. The summed E-state index contributed by atoms with van der Waals surface area (Å²) < 4.78 is 2.20. The number of nitrogens with one attached hydrogen (secondary N) is 2. The summed E-state index contributed by atoms with van der Waals surface area (Å²) in [5.74, 6) is 0.0554. The summed E-state index contributed by atoms with van der Waals surface area (Å²) in [5, 5.41) is 20.8. The highest BCUT2D eigenvalue weighted by molar-refractivity contribution is 7.20. The van der Waals surface area contributed by atoms with E-state index in [0.29, 0.717) is 12.1 Å². The highest BCUT2D eigenvalue weighted by Crippen LogP contribution is 2.35. The Morgan fingerprint density at radius 1 is 0.941 bits per heavy atom. The number of aromatic nitrogens is 2. The van der Waals surface area contributed by atoms with Crippen LogP contribution in [0.15, 0.2) is 6.07 Å². The van der Waals surface area contributed by atoms with Gasteiger partial charge in [0.15, 0.2) is 0 Å². The fourth-order valence-corrected chi connectivity index (χ4v) is 7.32. The smallest absolute Gasteiger partial charge is 0.404 e. The monoisotopic (exact) mass is 487 g/mol. The molecule has 3 fully saturated rings. The normalized spacial score (nSPS) is 25.4. The summed E-state index contributed by atoms with van der Waals surface area (Å²) >= 11 is 1.60. The van der Waals surface area contributed by atoms with Gasteiger partial charge in [-0.15, -0.1) is 11.3 Å². The largest absolute Gasteiger partial charge is 0.465 e. The van der Waals surface area contributed by atoms with E-state index in [0.717, 1.165) is 72.4 Å². The van der Waals surface area contributed by atoms with E-state index in [1.54, 1.807) is 11.3 Å². The van der Waals surface area contributed by atoms with Crippen LogP contribution < -0.4 is 10.6 Å². The van der Waals surface area contributed by atoms with Gasteiger partial charge < -0.3 is 20.6 Å². The van der Waals surface area contributed by atoms with Gasteiger partial charge in [-0.3, -0.25) is 9.48 Å². The van der Waals surface area contributed by atoms with Crippen LogP contribution in [0.4, 0.5) is 4.79 Å². The Hall–Kier alpha value is -2.13. The summed E-state index contributed by atoms with van der Waals surface area (Å²) in [7, 11) is 0. The molecule has 186 valence electrons. The molecule has 0 bridgehead atoms. The van der Waals surface area contributed by atoms with Gasteiger partial charge in [0.05, 0.1) is 16.6 Å². The zero-order chi connectivity index (χ0) is 23.7. The van der Waals surface area contributed by atoms with Gasteiger partial charge in [0.2, 0.25) is 0 Å². The molecule has 0 aromatic carbocycles. The van der Waals surface area contributed by atoms with Gasteiger partial charge in [0, 0.05) is 36.6 Å². The third kappa shape index (κ3) is 5.10. The predicted molar refractivity (Wildman–Crippen MR) is 134 cm³/mol. The van der Waals surface area contributed by atoms with Crippen LogP contribution in [-0.4, -0.2) is 63.0 Å². The van der Waals surface area contributed by atoms with Crippen molar-refractivity contribution in [3.8, 4) is 0 Å². The number of fused-ring (bicyclic) bond motifs is 1. The first-order chi connectivity index (χ1) is 16.5. The predicted octanol–water partition coefficient (Wildman–Crippen LogP) is 4.68. The second-order valence-electron chi connectivity index (χ2n) is 10.4. The number of nitrogens with zero attached hydrogens (tertiary/aromatic N) is 3. The average molecular weight is 488 g/mol. The van der Waals surface area contributed by atoms with Crippen molar-refractivity contribution in [2.75, 3.05) is 13.1 Å². The van der Waals surface area contributed by atoms with Crippen molar-refractivity contribution in [1.82, 2.24) is 25.3 Å². The quantitative estimate of drug-likeness (QED) is 0.568. The van der Waals surface area contributed by atoms with Crippen molar-refractivity contribution in [1.29, 1.82) is 0 Å². The van der Waals surface area contributed by atoms with Gasteiger partial charge in [-0.1, -0.05) is 19.3 Å². The molecule has 3 heterocycles. The van der Waals surface area contributed by atoms with Gasteiger partial charge in [0.25, 0.3) is 5.91 Å². The number of piperidine rings is 1. The molecule has 1 saturated heterocycles. The lowest BCUT2D eigenvalue weighted by Gasteiger charge is -2.40. The van der Waals surface area contributed by atoms with E-state index in [1.165, 1.54) is 32.1 Å². The van der Waals surface area contributed by atoms with Crippen molar-refractivity contribution < 1.29 is 14.7 Å². The van der Waals surface area contributed by atoms with Gasteiger partial charge in [-0.25, -0.2) is 4.79 Å². The van der Waals surface area contributed by atoms with Crippen molar-refractivity contribution >= 4 is 33.6 Å². The molecule has 8 nitrogen and oxygen atoms in total. The molecule has 0 atom stereocenters. The lowest BCUT2D eigenvalue weighted by Crippen LogP contribution is -2.50. The molecule has 2 aromatic rings. The standard InChI is InChI=1S/C25H37N5O3S/c1-16-21-15-22(34-24(21)30(28-16)20-5-3-2-4-6-20)23(31)26-17-7-9-19(10-8-17)29-13-11-18(12-14-29)27-25(32)33/h15,17-20,27H,2-14H2,1H3,(H,26,31)(H,32,33)/t17-,19+. The Kier molecular flexibility index (Phi) is 7.11. The first kappa shape index (κ1) is 23.6. The maximum absolute atomic E-state index is 13.1. The molecule has 0 radical (unpaired) electrons. The maximum atomic E-state index is 13.1. The number of carboxylic acid groups (broad SMARTS) is 1. The summed E-state index contributed by atoms with van der Waals surface area (Å²) in [6.07, 6.45) is 11.3. The molecule has 9 heteroatoms. The van der Waals surface area contributed by atoms with E-state index in [9.17, 15) is 9.59 Å². The summed E-state index contributed by atoms with van der Waals surface area (Å²) in [5.41, 5.74) is 1.03. The topological polar surface area (TPSA) is 99.5 Å². The molecule has 0 spiro atoms. The van der Waals surface area contributed by atoms with Crippen LogP contribution in [0.25, 0.3) is 10.2 Å². The van der Waals surface area contributed by atoms with Crippen molar-refractivity contribution in [2.24, 2.45) is 0 Å². The number of hydrogen-bond donors (Lipinski definition) is 3. The molecule has 2 aliphatic carbocycles. The first-order valence-electron chi connectivity index (χ1n) is 13.0. The fraction of sp³-hybridized carbons (Fsp3) is 0.720. The average Bonchev–Trinajstić information content (AvgIpc) is 3.41. The third-order valence-electron chi connectivity index (χ3n) is 8.12. The number of amides is 2. The van der Waals surface area contributed by atoms with Gasteiger partial charge in [-0.2, -0.15) is 5.10 Å². The van der Waals surface area contributed by atoms with Crippen LogP contribution in [0.3, 0.4) is 0 Å². The van der Waals surface area contributed by atoms with E-state index < -0.39 is 6.09 Å². The second-order valence-corrected chi connectivity index (χ2v) is 11.4. The third-order valence-corrected chi connectivity index (χ3v) is 9.24. The number of likely N-dealkylation sites (tertiary alicyclic amines) is 1. The lowest BCUT2D eigenvalue weighted by atomic mass is 9.88. The Morgan fingerprint density at radius 3 is 2.29 bits per heavy atom. The fourth-order valence-electron chi connectivity index (χ4n) is 6.18. The van der Waals surface area contributed by atoms with Crippen LogP contribution in [0.5, 0.6) is 0 Å². The van der Waals surface area contributed by atoms with Crippen LogP contribution in [0.2, 0.25) is 0 Å². The van der Waals surface area contributed by atoms with Gasteiger partial charge in [-0.05, 0) is 64.4 Å². The molecule has 0 unspecified atom stereocenters. The summed E-state index contributed by atoms with van der Waals surface area (Å²) in [6.45, 7) is 3.95. The van der Waals surface area contributed by atoms with E-state index in [1.807, 2.05) is 6.07 Å². The molecule has 3 aliphatic rings. The van der Waals surface area contributed by atoms with E-state index in [2.05, 4.69) is 27.1 Å². The number of thiophene rings is 1. The van der Waals surface area contributed by atoms with Crippen molar-refractivity contribution in [3.63, 3.8) is 0 Å². The van der Waals surface area contributed by atoms with Crippen LogP contribution in [0, 0.1) is 6.92 Å². The molecule has 34 heavy (non-hydrogen) atoms. The number of aryl methyl sites for hydroxylation is 1. The number of rotatable bonds is 5. The van der Waals surface area contributed by atoms with Gasteiger partial charge >= 0.3 is 6.09 Å². The molecule has 2 amide bonds. The molecule has 2 aromatic heterocycles. The van der Waals surface area contributed by atoms with Crippen LogP contribution in [0.1, 0.15) is 92.0 Å². The minimum Gasteiger partial charge on any atom is -0.465 e. The molecule has 2 saturated carbocycles. The second kappa shape index (κ2) is 10.2. The maximum Gasteiger partial charge on any atom is 0.404 e. The minimum atomic E-state index is -0.921. The number of carbonyl (C=O) groups is 2. The SMILES string of the molecule is Cc1nn(C2CCCCC2)c2sc(C(=O)N[C@H]3CC[C@@H](N4CCC(NC(=O)O)CC4)CC3)cc12. The molecule has 5 rings (SSSR count). The highest BCUT2D eigenvalue weighted by atomic mass is 32.1. The van der Waals surface area contributed by atoms with E-state index in [4.69, 9.17) is 10.2 Å². The Labute approximate surface area is 205 Å². The Balaban J connectivity index is 1.14. The van der Waals surface area contributed by atoms with Crippen LogP contribution >= 0.6 is 11.3 Å². The van der Waals surface area contributed by atoms with Gasteiger partial charge in [0.1, 0.15) is 4.83 Å². The minimum absolute atomic E-state index is 0.0554. The Morgan fingerprint density at radius 2 is 1.62 bits per heavy atom. The molecule has 3 N–H and O–H groups in total. The van der Waals surface area contributed by atoms with Crippen LogP contribution in [-0.2, 0) is 0 Å². The van der Waals surface area contributed by atoms with E-state index in [-0.39, 0.29) is 18.0 Å². The zero-order valence-corrected chi connectivity index (χ0v) is 20.9. The first-order valence-corrected chi connectivity index (χ1v) is 13.8. The molecular formula is C25H37N5O3S. The number of hydrogen-bond acceptors (Lipinski definition) is 5. The van der Waals surface area contributed by atoms with E-state index >= 15 is 0 Å². The van der Waals surface area contributed by atoms with Crippen molar-refractivity contribution in [2.45, 2.75) is 102 Å². The highest BCUT2D eigenvalue weighted by Gasteiger charge is 2.30.